The van der Waals surface area contributed by atoms with E-state index < -0.39 is 54.2 Å². The van der Waals surface area contributed by atoms with E-state index >= 15 is 0 Å². The van der Waals surface area contributed by atoms with E-state index in [4.69, 9.17) is 28.1 Å². The minimum absolute atomic E-state index is 0.198. The fourth-order valence-electron chi connectivity index (χ4n) is 11.7. The van der Waals surface area contributed by atoms with Crippen molar-refractivity contribution >= 4 is 56.6 Å². The highest BCUT2D eigenvalue weighted by Gasteiger charge is 2.76. The van der Waals surface area contributed by atoms with Crippen molar-refractivity contribution in [1.29, 1.82) is 0 Å². The average molecular weight is 1350 g/mol. The molecule has 0 radical (unpaired) electrons. The Bertz CT molecular complexity index is 3880. The van der Waals surface area contributed by atoms with Gasteiger partial charge in [0.15, 0.2) is 50.7 Å². The molecule has 0 N–H and O–H groups in total. The molecule has 0 spiro atoms. The van der Waals surface area contributed by atoms with E-state index in [-0.39, 0.29) is 44.6 Å². The molecule has 95 heavy (non-hydrogen) atoms. The number of carbonyl (C=O) groups is 4. The standard InChI is InChI=1S/C30H31O4S.C25H24F3O3S.C23H23O2S.F2/c1-20-18-24(35(22-12-8-6-9-13-22)23-14-10-7-11-15-23)19-21(2)25(20)33-27(32)30-17-16-29(5,26(31)34-30)28(30,3)4;1-18-15-22(32(20-9-5-3-6-10-20)21-11-7-4-8-12-21)16-19(2)24(18)31-17-23(29)30-14-13-25(26,27)28;1-4-22(24)25-23-17(2)15-21(16-18(23)3)26(19-11-7-5-8-12-19)20-13-9-6-10-14-20;1-2/h6-15,18-19H,16-17H2,1-5H3;3-12,15-16H,13-14,17H2,1-2H3;5-16H,4H2,1-3H3;/q3*+1;. The molecule has 2 unspecified atom stereocenters. The molecule has 494 valence electrons. The summed E-state index contributed by atoms with van der Waals surface area (Å²) in [6, 6.07) is 75.0. The lowest BCUT2D eigenvalue weighted by molar-refractivity contribution is -0.176. The quantitative estimate of drug-likeness (QED) is 0.0358. The topological polar surface area (TPSA) is 114 Å². The van der Waals surface area contributed by atoms with Gasteiger partial charge >= 0.3 is 30.1 Å². The van der Waals surface area contributed by atoms with E-state index in [1.807, 2.05) is 142 Å². The maximum atomic E-state index is 13.6. The molecule has 1 aliphatic carbocycles. The van der Waals surface area contributed by atoms with Gasteiger partial charge in [0.1, 0.15) is 23.9 Å². The minimum atomic E-state index is -4.36. The van der Waals surface area contributed by atoms with E-state index in [1.54, 1.807) is 0 Å². The van der Waals surface area contributed by atoms with Gasteiger partial charge in [0.05, 0.1) is 44.5 Å². The zero-order valence-electron chi connectivity index (χ0n) is 54.8. The van der Waals surface area contributed by atoms with Crippen LogP contribution in [0.1, 0.15) is 86.8 Å². The number of halogens is 5. The Morgan fingerprint density at radius 2 is 0.758 bits per heavy atom. The van der Waals surface area contributed by atoms with E-state index in [1.165, 1.54) is 34.3 Å². The first-order valence-electron chi connectivity index (χ1n) is 31.0. The molecule has 2 fully saturated rings. The number of hydrogen-bond donors (Lipinski definition) is 0. The van der Waals surface area contributed by atoms with E-state index in [0.29, 0.717) is 36.5 Å². The second kappa shape index (κ2) is 32.2. The van der Waals surface area contributed by atoms with Crippen LogP contribution in [-0.2, 0) is 61.3 Å². The molecule has 11 rings (SSSR count). The molecule has 1 heterocycles. The fraction of sp³-hybridized carbons (Fsp3) is 0.256. The number of fused-ring (bicyclic) bond motifs is 2. The third-order valence-electron chi connectivity index (χ3n) is 17.0. The molecule has 2 atom stereocenters. The third-order valence-corrected chi connectivity index (χ3v) is 23.6. The summed E-state index contributed by atoms with van der Waals surface area (Å²) >= 11 is 0. The summed E-state index contributed by atoms with van der Waals surface area (Å²) < 4.78 is 80.1. The smallest absolute Gasteiger partial charge is 0.392 e. The van der Waals surface area contributed by atoms with Crippen LogP contribution < -0.4 is 14.2 Å². The van der Waals surface area contributed by atoms with Gasteiger partial charge in [-0.1, -0.05) is 130 Å². The largest absolute Gasteiger partial charge is 0.481 e. The maximum Gasteiger partial charge on any atom is 0.392 e. The predicted molar refractivity (Wildman–Crippen MR) is 364 cm³/mol. The number of alkyl halides is 3. The van der Waals surface area contributed by atoms with Gasteiger partial charge in [0.2, 0.25) is 5.60 Å². The Hall–Kier alpha value is -8.64. The Balaban J connectivity index is 0.000000182. The minimum Gasteiger partial charge on any atom is -0.481 e. The maximum absolute atomic E-state index is 13.6. The van der Waals surface area contributed by atoms with Crippen LogP contribution in [0.15, 0.2) is 262 Å². The summed E-state index contributed by atoms with van der Waals surface area (Å²) in [7, 11) is -0.815. The molecule has 0 amide bonds. The highest BCUT2D eigenvalue weighted by atomic mass is 32.2. The molecular formula is C78H78F5O9S3+3. The number of ether oxygens (including phenoxy) is 5. The molecule has 17 heteroatoms. The Morgan fingerprint density at radius 3 is 1.03 bits per heavy atom. The highest BCUT2D eigenvalue weighted by Crippen LogP contribution is 2.66. The molecule has 2 bridgehead atoms. The first-order chi connectivity index (χ1) is 45.4. The lowest BCUT2D eigenvalue weighted by Crippen LogP contribution is -2.50. The third kappa shape index (κ3) is 16.9. The zero-order valence-corrected chi connectivity index (χ0v) is 57.3. The van der Waals surface area contributed by atoms with Crippen molar-refractivity contribution in [3.63, 3.8) is 0 Å². The fourth-order valence-corrected chi connectivity index (χ4v) is 18.5. The monoisotopic (exact) mass is 1350 g/mol. The summed E-state index contributed by atoms with van der Waals surface area (Å²) in [5.74, 6) is -0.0356. The van der Waals surface area contributed by atoms with Gasteiger partial charge in [0, 0.05) is 57.4 Å². The highest BCUT2D eigenvalue weighted by molar-refractivity contribution is 7.97. The summed E-state index contributed by atoms with van der Waals surface area (Å²) in [6.07, 6.45) is -4.05. The Kier molecular flexibility index (Phi) is 24.5. The van der Waals surface area contributed by atoms with Gasteiger partial charge in [-0.05, 0) is 167 Å². The Labute approximate surface area is 562 Å². The van der Waals surface area contributed by atoms with Crippen LogP contribution in [0.4, 0.5) is 22.3 Å². The van der Waals surface area contributed by atoms with E-state index in [9.17, 15) is 32.3 Å². The molecule has 0 aromatic heterocycles. The van der Waals surface area contributed by atoms with Crippen molar-refractivity contribution in [2.24, 2.45) is 10.8 Å². The number of rotatable bonds is 18. The summed E-state index contributed by atoms with van der Waals surface area (Å²) in [5.41, 5.74) is 2.89. The van der Waals surface area contributed by atoms with Gasteiger partial charge in [-0.3, -0.25) is 9.59 Å². The number of carbonyl (C=O) groups excluding carboxylic acids is 4. The van der Waals surface area contributed by atoms with E-state index in [2.05, 4.69) is 150 Å². The average Bonchev–Trinajstić information content (AvgIpc) is 1.52. The van der Waals surface area contributed by atoms with Gasteiger partial charge in [0.25, 0.3) is 0 Å². The van der Waals surface area contributed by atoms with E-state index in [0.717, 1.165) is 43.2 Å². The normalized spacial score (nSPS) is 15.9. The van der Waals surface area contributed by atoms with Crippen molar-refractivity contribution < 1.29 is 65.2 Å². The molecular weight excluding hydrogens is 1270 g/mol. The number of esters is 4. The number of aryl methyl sites for hydroxylation is 6. The molecule has 1 saturated carbocycles. The lowest BCUT2D eigenvalue weighted by Gasteiger charge is -2.34. The molecule has 9 nitrogen and oxygen atoms in total. The molecule has 9 aromatic carbocycles. The number of benzene rings is 9. The second-order valence-corrected chi connectivity index (χ2v) is 29.8. The zero-order chi connectivity index (χ0) is 68.7. The molecule has 2 aliphatic rings. The van der Waals surface area contributed by atoms with Crippen LogP contribution in [0, 0.1) is 52.4 Å². The molecule has 9 aromatic rings. The van der Waals surface area contributed by atoms with Crippen LogP contribution in [0.2, 0.25) is 0 Å². The molecule has 1 aliphatic heterocycles. The van der Waals surface area contributed by atoms with Crippen molar-refractivity contribution in [2.75, 3.05) is 13.2 Å². The lowest BCUT2D eigenvalue weighted by atomic mass is 9.66. The van der Waals surface area contributed by atoms with Gasteiger partial charge in [-0.2, -0.15) is 13.2 Å². The summed E-state index contributed by atoms with van der Waals surface area (Å²) in [6.45, 7) is 18.2. The van der Waals surface area contributed by atoms with Crippen molar-refractivity contribution in [3.8, 4) is 17.2 Å². The van der Waals surface area contributed by atoms with Gasteiger partial charge in [-0.15, -0.1) is 0 Å². The van der Waals surface area contributed by atoms with Crippen LogP contribution >= 0.6 is 0 Å². The van der Waals surface area contributed by atoms with Crippen molar-refractivity contribution in [2.45, 2.75) is 151 Å². The van der Waals surface area contributed by atoms with Crippen LogP contribution in [0.25, 0.3) is 0 Å². The summed E-state index contributed by atoms with van der Waals surface area (Å²) in [4.78, 5) is 60.5. The molecule has 1 saturated heterocycles. The van der Waals surface area contributed by atoms with Crippen molar-refractivity contribution in [3.05, 3.63) is 252 Å². The van der Waals surface area contributed by atoms with Crippen LogP contribution in [-0.4, -0.2) is 48.9 Å². The number of hydrogen-bond acceptors (Lipinski definition) is 9. The first-order valence-corrected chi connectivity index (χ1v) is 34.7. The SMILES string of the molecule is CCC(=O)Oc1c(C)cc([S+](c2ccccc2)c2ccccc2)cc1C.Cc1cc([S+](c2ccccc2)c2ccccc2)cc(C)c1OC(=O)C12CCC(C)(C(=O)O1)C2(C)C.Cc1cc([S+](c2ccccc2)c2ccccc2)cc(C)c1OCC(=O)OCCC(F)(F)F.FF. The first kappa shape index (κ1) is 72.2. The van der Waals surface area contributed by atoms with Gasteiger partial charge < -0.3 is 23.7 Å². The van der Waals surface area contributed by atoms with Crippen LogP contribution in [0.5, 0.6) is 17.2 Å². The van der Waals surface area contributed by atoms with Crippen molar-refractivity contribution in [1.82, 2.24) is 0 Å². The van der Waals surface area contributed by atoms with Crippen LogP contribution in [0.3, 0.4) is 0 Å². The summed E-state index contributed by atoms with van der Waals surface area (Å²) in [5, 5.41) is 0. The second-order valence-electron chi connectivity index (χ2n) is 23.7. The predicted octanol–water partition coefficient (Wildman–Crippen LogP) is 19.3. The Morgan fingerprint density at radius 1 is 0.453 bits per heavy atom. The van der Waals surface area contributed by atoms with Gasteiger partial charge in [-0.25, -0.2) is 9.59 Å².